The van der Waals surface area contributed by atoms with Crippen molar-refractivity contribution < 1.29 is 9.47 Å². The van der Waals surface area contributed by atoms with Crippen molar-refractivity contribution >= 4 is 11.8 Å². The molecule has 1 unspecified atom stereocenters. The normalized spacial score (nSPS) is 21.0. The van der Waals surface area contributed by atoms with E-state index in [1.807, 2.05) is 11.8 Å². The summed E-state index contributed by atoms with van der Waals surface area (Å²) >= 11 is 2.03. The van der Waals surface area contributed by atoms with E-state index in [4.69, 9.17) is 15.2 Å². The predicted octanol–water partition coefficient (Wildman–Crippen LogP) is 0.762. The van der Waals surface area contributed by atoms with Crippen LogP contribution in [0.1, 0.15) is 12.8 Å². The Kier molecular flexibility index (Phi) is 7.40. The predicted molar refractivity (Wildman–Crippen MR) is 68.8 cm³/mol. The van der Waals surface area contributed by atoms with Gasteiger partial charge in [0.15, 0.2) is 6.29 Å². The van der Waals surface area contributed by atoms with Gasteiger partial charge in [0.2, 0.25) is 0 Å². The molecule has 0 aromatic heterocycles. The molecule has 0 bridgehead atoms. The molecule has 0 aromatic carbocycles. The summed E-state index contributed by atoms with van der Waals surface area (Å²) in [6.45, 7) is 2.95. The van der Waals surface area contributed by atoms with E-state index in [1.165, 1.54) is 17.9 Å². The molecular formula is C11H24N2O2S. The van der Waals surface area contributed by atoms with E-state index in [0.29, 0.717) is 12.6 Å². The Hall–Kier alpha value is 0.190. The first-order chi connectivity index (χ1) is 7.81. The second kappa shape index (κ2) is 8.31. The fourth-order valence-electron chi connectivity index (χ4n) is 2.04. The third-order valence-electron chi connectivity index (χ3n) is 3.04. The highest BCUT2D eigenvalue weighted by atomic mass is 32.2. The van der Waals surface area contributed by atoms with Crippen molar-refractivity contribution in [3.05, 3.63) is 0 Å². The molecule has 96 valence electrons. The van der Waals surface area contributed by atoms with Crippen LogP contribution in [0.15, 0.2) is 0 Å². The van der Waals surface area contributed by atoms with E-state index in [9.17, 15) is 0 Å². The number of rotatable bonds is 6. The van der Waals surface area contributed by atoms with Gasteiger partial charge in [-0.25, -0.2) is 0 Å². The smallest absolute Gasteiger partial charge is 0.158 e. The number of thioether (sulfide) groups is 1. The molecule has 0 saturated carbocycles. The van der Waals surface area contributed by atoms with E-state index in [1.54, 1.807) is 14.2 Å². The largest absolute Gasteiger partial charge is 0.356 e. The maximum atomic E-state index is 5.85. The zero-order chi connectivity index (χ0) is 11.8. The molecule has 4 nitrogen and oxygen atoms in total. The van der Waals surface area contributed by atoms with Gasteiger partial charge in [-0.15, -0.1) is 0 Å². The van der Waals surface area contributed by atoms with Crippen LogP contribution in [0.2, 0.25) is 0 Å². The third-order valence-corrected chi connectivity index (χ3v) is 4.08. The van der Waals surface area contributed by atoms with Crippen LogP contribution in [0.5, 0.6) is 0 Å². The molecule has 16 heavy (non-hydrogen) atoms. The summed E-state index contributed by atoms with van der Waals surface area (Å²) in [5.41, 5.74) is 5.85. The highest BCUT2D eigenvalue weighted by Gasteiger charge is 2.22. The Balaban J connectivity index is 2.44. The molecule has 0 aromatic rings. The summed E-state index contributed by atoms with van der Waals surface area (Å²) in [6.07, 6.45) is 1.98. The zero-order valence-electron chi connectivity index (χ0n) is 10.4. The first-order valence-corrected chi connectivity index (χ1v) is 7.04. The van der Waals surface area contributed by atoms with Crippen molar-refractivity contribution in [3.8, 4) is 0 Å². The van der Waals surface area contributed by atoms with Crippen molar-refractivity contribution in [2.75, 3.05) is 45.4 Å². The standard InChI is InChI=1S/C11H24N2O2S/c1-14-11(15-2)8-10(9-12)13-4-3-6-16-7-5-13/h10-11H,3-9,12H2,1-2H3. The summed E-state index contributed by atoms with van der Waals surface area (Å²) in [7, 11) is 3.36. The van der Waals surface area contributed by atoms with E-state index in [-0.39, 0.29) is 6.29 Å². The summed E-state index contributed by atoms with van der Waals surface area (Å²) in [5, 5.41) is 0. The van der Waals surface area contributed by atoms with Gasteiger partial charge in [-0.1, -0.05) is 0 Å². The maximum Gasteiger partial charge on any atom is 0.158 e. The quantitative estimate of drug-likeness (QED) is 0.703. The Morgan fingerprint density at radius 3 is 2.62 bits per heavy atom. The number of nitrogens with zero attached hydrogens (tertiary/aromatic N) is 1. The Morgan fingerprint density at radius 1 is 1.25 bits per heavy atom. The van der Waals surface area contributed by atoms with Crippen molar-refractivity contribution in [2.24, 2.45) is 5.73 Å². The van der Waals surface area contributed by atoms with Crippen molar-refractivity contribution in [1.29, 1.82) is 0 Å². The third kappa shape index (κ3) is 4.59. The maximum absolute atomic E-state index is 5.85. The molecule has 1 heterocycles. The van der Waals surface area contributed by atoms with E-state index < -0.39 is 0 Å². The van der Waals surface area contributed by atoms with E-state index in [0.717, 1.165) is 19.5 Å². The van der Waals surface area contributed by atoms with E-state index >= 15 is 0 Å². The van der Waals surface area contributed by atoms with Crippen molar-refractivity contribution in [1.82, 2.24) is 4.90 Å². The second-order valence-electron chi connectivity index (χ2n) is 4.03. The summed E-state index contributed by atoms with van der Waals surface area (Å²) in [4.78, 5) is 2.48. The zero-order valence-corrected chi connectivity index (χ0v) is 11.2. The minimum absolute atomic E-state index is 0.135. The van der Waals surface area contributed by atoms with Gasteiger partial charge in [0, 0.05) is 45.5 Å². The molecule has 0 radical (unpaired) electrons. The molecule has 1 atom stereocenters. The summed E-state index contributed by atoms with van der Waals surface area (Å²) in [6, 6.07) is 0.378. The number of hydrogen-bond donors (Lipinski definition) is 1. The number of nitrogens with two attached hydrogens (primary N) is 1. The minimum atomic E-state index is -0.135. The fourth-order valence-corrected chi connectivity index (χ4v) is 2.94. The lowest BCUT2D eigenvalue weighted by Gasteiger charge is -2.31. The molecule has 1 rings (SSSR count). The Morgan fingerprint density at radius 2 is 2.00 bits per heavy atom. The first-order valence-electron chi connectivity index (χ1n) is 5.89. The molecule has 0 amide bonds. The Labute approximate surface area is 103 Å². The Bertz CT molecular complexity index is 171. The average Bonchev–Trinajstić information content (AvgIpc) is 2.60. The second-order valence-corrected chi connectivity index (χ2v) is 5.25. The highest BCUT2D eigenvalue weighted by molar-refractivity contribution is 7.99. The average molecular weight is 248 g/mol. The summed E-state index contributed by atoms with van der Waals surface area (Å²) in [5.74, 6) is 2.48. The van der Waals surface area contributed by atoms with Gasteiger partial charge in [0.05, 0.1) is 0 Å². The van der Waals surface area contributed by atoms with Crippen molar-refractivity contribution in [3.63, 3.8) is 0 Å². The van der Waals surface area contributed by atoms with Crippen LogP contribution in [0, 0.1) is 0 Å². The monoisotopic (exact) mass is 248 g/mol. The van der Waals surface area contributed by atoms with Crippen molar-refractivity contribution in [2.45, 2.75) is 25.2 Å². The molecule has 2 N–H and O–H groups in total. The molecule has 1 aliphatic rings. The number of hydrogen-bond acceptors (Lipinski definition) is 5. The van der Waals surface area contributed by atoms with Gasteiger partial charge < -0.3 is 15.2 Å². The lowest BCUT2D eigenvalue weighted by Crippen LogP contribution is -2.44. The number of methoxy groups -OCH3 is 2. The fraction of sp³-hybridized carbons (Fsp3) is 1.00. The highest BCUT2D eigenvalue weighted by Crippen LogP contribution is 2.15. The molecule has 1 saturated heterocycles. The topological polar surface area (TPSA) is 47.7 Å². The SMILES string of the molecule is COC(CC(CN)N1CCCSCC1)OC. The van der Waals surface area contributed by atoms with Gasteiger partial charge in [-0.2, -0.15) is 11.8 Å². The molecule has 1 aliphatic heterocycles. The van der Waals surface area contributed by atoms with Crippen LogP contribution < -0.4 is 5.73 Å². The summed E-state index contributed by atoms with van der Waals surface area (Å²) < 4.78 is 10.5. The molecule has 1 fully saturated rings. The van der Waals surface area contributed by atoms with Crippen LogP contribution >= 0.6 is 11.8 Å². The number of ether oxygens (including phenoxy) is 2. The molecular weight excluding hydrogens is 224 g/mol. The first kappa shape index (κ1) is 14.3. The van der Waals surface area contributed by atoms with Crippen LogP contribution in [-0.4, -0.2) is 62.6 Å². The van der Waals surface area contributed by atoms with Gasteiger partial charge in [0.25, 0.3) is 0 Å². The van der Waals surface area contributed by atoms with Crippen LogP contribution in [0.4, 0.5) is 0 Å². The van der Waals surface area contributed by atoms with Crippen LogP contribution in [0.3, 0.4) is 0 Å². The van der Waals surface area contributed by atoms with Gasteiger partial charge >= 0.3 is 0 Å². The van der Waals surface area contributed by atoms with Crippen LogP contribution in [-0.2, 0) is 9.47 Å². The minimum Gasteiger partial charge on any atom is -0.356 e. The van der Waals surface area contributed by atoms with Gasteiger partial charge in [0.1, 0.15) is 0 Å². The van der Waals surface area contributed by atoms with E-state index in [2.05, 4.69) is 4.90 Å². The lowest BCUT2D eigenvalue weighted by atomic mass is 10.1. The molecule has 5 heteroatoms. The molecule has 0 aliphatic carbocycles. The molecule has 0 spiro atoms. The van der Waals surface area contributed by atoms with Crippen LogP contribution in [0.25, 0.3) is 0 Å². The van der Waals surface area contributed by atoms with Gasteiger partial charge in [-0.05, 0) is 18.7 Å². The lowest BCUT2D eigenvalue weighted by molar-refractivity contribution is -0.116. The van der Waals surface area contributed by atoms with Gasteiger partial charge in [-0.3, -0.25) is 4.90 Å².